The van der Waals surface area contributed by atoms with Gasteiger partial charge in [-0.15, -0.1) is 6.67 Å². The van der Waals surface area contributed by atoms with Crippen LogP contribution in [0.15, 0.2) is 114 Å². The van der Waals surface area contributed by atoms with Gasteiger partial charge in [0.05, 0.1) is 0 Å². The van der Waals surface area contributed by atoms with E-state index in [1.165, 1.54) is 19.3 Å². The summed E-state index contributed by atoms with van der Waals surface area (Å²) in [4.78, 5) is 2.11. The maximum absolute atomic E-state index is 4.81. The summed E-state index contributed by atoms with van der Waals surface area (Å²) in [6.07, 6.45) is 14.5. The molecule has 33 heavy (non-hydrogen) atoms. The van der Waals surface area contributed by atoms with Crippen LogP contribution in [0.3, 0.4) is 0 Å². The first-order valence-electron chi connectivity index (χ1n) is 10.8. The Morgan fingerprint density at radius 1 is 0.697 bits per heavy atom. The van der Waals surface area contributed by atoms with E-state index in [-0.39, 0.29) is 27.5 Å². The molecule has 2 aliphatic rings. The smallest absolute Gasteiger partial charge is 0.129 e. The first-order valence-corrected chi connectivity index (χ1v) is 10.8. The van der Waals surface area contributed by atoms with Gasteiger partial charge in [-0.1, -0.05) is 91.7 Å². The second-order valence-electron chi connectivity index (χ2n) is 7.29. The van der Waals surface area contributed by atoms with Crippen LogP contribution in [0.4, 0.5) is 11.4 Å². The zero-order valence-corrected chi connectivity index (χ0v) is 21.4. The topological polar surface area (TPSA) is 18.8 Å². The van der Waals surface area contributed by atoms with Crippen molar-refractivity contribution in [2.24, 2.45) is 5.10 Å². The summed E-state index contributed by atoms with van der Waals surface area (Å²) in [6.45, 7) is 2.02. The summed E-state index contributed by atoms with van der Waals surface area (Å²) in [5.41, 5.74) is 3.22. The number of nitrogens with zero attached hydrogens (tertiary/aromatic N) is 3. The predicted octanol–water partition coefficient (Wildman–Crippen LogP) is 7.42. The SMILES string of the molecule is [C-]1=CCC/C=C\CC1.[CH3-].[Ir].c1ccc(C2=NN(c3ccccc3)[CH-]N2c2ccccc2)cc1. The van der Waals surface area contributed by atoms with Crippen molar-refractivity contribution in [1.82, 2.24) is 0 Å². The molecule has 0 bridgehead atoms. The standard InChI is InChI=1S/C20H16N3.C8H11.CH3.Ir/c1-4-10-17(11-5-1)20-21-23(19-14-8-3-9-15-19)16-22(20)18-12-6-2-7-13-18;1-2-4-6-8-7-5-3-1;;/h1-16H;1-2,7H,3-6H2;1H3;/q3*-1;/b;2-1-;;. The Labute approximate surface area is 212 Å². The van der Waals surface area contributed by atoms with Gasteiger partial charge >= 0.3 is 0 Å². The van der Waals surface area contributed by atoms with Gasteiger partial charge in [-0.25, -0.2) is 0 Å². The van der Waals surface area contributed by atoms with Crippen molar-refractivity contribution < 1.29 is 20.1 Å². The number of rotatable bonds is 3. The molecule has 0 saturated heterocycles. The molecule has 0 unspecified atom stereocenters. The largest absolute Gasteiger partial charge is 0.500 e. The molecule has 5 rings (SSSR count). The number of hydrogen-bond donors (Lipinski definition) is 0. The third-order valence-electron chi connectivity index (χ3n) is 4.99. The van der Waals surface area contributed by atoms with Crippen molar-refractivity contribution in [2.45, 2.75) is 25.7 Å². The molecule has 173 valence electrons. The van der Waals surface area contributed by atoms with Crippen molar-refractivity contribution in [3.63, 3.8) is 0 Å². The molecule has 0 fully saturated rings. The molecule has 3 aromatic rings. The molecule has 0 N–H and O–H groups in total. The fraction of sp³-hybridized carbons (Fsp3) is 0.138. The zero-order valence-electron chi connectivity index (χ0n) is 19.0. The molecule has 1 heterocycles. The van der Waals surface area contributed by atoms with Gasteiger partial charge in [-0.05, 0) is 30.7 Å². The Kier molecular flexibility index (Phi) is 11.4. The molecule has 3 aromatic carbocycles. The maximum Gasteiger partial charge on any atom is 0.129 e. The molecule has 1 aliphatic heterocycles. The van der Waals surface area contributed by atoms with Gasteiger partial charge < -0.3 is 23.4 Å². The second-order valence-corrected chi connectivity index (χ2v) is 7.29. The summed E-state index contributed by atoms with van der Waals surface area (Å²) >= 11 is 0. The monoisotopic (exact) mass is 613 g/mol. The minimum atomic E-state index is 0. The number of allylic oxidation sites excluding steroid dienone is 4. The molecule has 3 nitrogen and oxygen atoms in total. The van der Waals surface area contributed by atoms with E-state index < -0.39 is 0 Å². The van der Waals surface area contributed by atoms with E-state index in [1.54, 1.807) is 0 Å². The number of anilines is 2. The Morgan fingerprint density at radius 3 is 1.94 bits per heavy atom. The maximum atomic E-state index is 4.81. The molecular weight excluding hydrogens is 583 g/mol. The average Bonchev–Trinajstić information content (AvgIpc) is 3.27. The first-order chi connectivity index (χ1) is 15.4. The molecule has 1 radical (unpaired) electrons. The van der Waals surface area contributed by atoms with E-state index in [9.17, 15) is 0 Å². The predicted molar refractivity (Wildman–Crippen MR) is 137 cm³/mol. The van der Waals surface area contributed by atoms with Crippen molar-refractivity contribution in [2.75, 3.05) is 9.91 Å². The zero-order chi connectivity index (χ0) is 21.1. The molecule has 0 spiro atoms. The summed E-state index contributed by atoms with van der Waals surface area (Å²) in [5.74, 6) is 0.917. The van der Waals surface area contributed by atoms with E-state index in [4.69, 9.17) is 5.10 Å². The van der Waals surface area contributed by atoms with E-state index in [1.807, 2.05) is 66.3 Å². The number of hydrogen-bond acceptors (Lipinski definition) is 3. The van der Waals surface area contributed by atoms with Crippen molar-refractivity contribution >= 4 is 17.2 Å². The quantitative estimate of drug-likeness (QED) is 0.227. The number of amidine groups is 1. The van der Waals surface area contributed by atoms with E-state index >= 15 is 0 Å². The van der Waals surface area contributed by atoms with Crippen LogP contribution in [-0.4, -0.2) is 5.84 Å². The third-order valence-corrected chi connectivity index (χ3v) is 4.99. The van der Waals surface area contributed by atoms with Gasteiger partial charge in [-0.3, -0.25) is 6.08 Å². The van der Waals surface area contributed by atoms with Crippen LogP contribution in [0.5, 0.6) is 0 Å². The molecule has 4 heteroatoms. The Balaban J connectivity index is 0.000000331. The van der Waals surface area contributed by atoms with Gasteiger partial charge in [0.1, 0.15) is 5.84 Å². The van der Waals surface area contributed by atoms with Crippen molar-refractivity contribution in [3.05, 3.63) is 135 Å². The van der Waals surface area contributed by atoms with Crippen LogP contribution < -0.4 is 9.91 Å². The summed E-state index contributed by atoms with van der Waals surface area (Å²) in [5, 5.41) is 6.72. The fourth-order valence-electron chi connectivity index (χ4n) is 3.39. The van der Waals surface area contributed by atoms with E-state index in [0.29, 0.717) is 0 Å². The number of benzene rings is 3. The molecular formula is C29H30IrN3-3. The van der Waals surface area contributed by atoms with Gasteiger partial charge in [0.2, 0.25) is 0 Å². The normalized spacial score (nSPS) is 15.6. The van der Waals surface area contributed by atoms with Crippen LogP contribution in [-0.2, 0) is 20.1 Å². The summed E-state index contributed by atoms with van der Waals surface area (Å²) in [6, 6.07) is 30.7. The molecule has 0 saturated carbocycles. The Hall–Kier alpha value is -2.94. The average molecular weight is 613 g/mol. The molecule has 1 aliphatic carbocycles. The molecule has 0 atom stereocenters. The fourth-order valence-corrected chi connectivity index (χ4v) is 3.39. The van der Waals surface area contributed by atoms with E-state index in [0.717, 1.165) is 29.2 Å². The number of hydrazone groups is 1. The van der Waals surface area contributed by atoms with Crippen LogP contribution in [0.2, 0.25) is 0 Å². The minimum absolute atomic E-state index is 0. The summed E-state index contributed by atoms with van der Waals surface area (Å²) < 4.78 is 0. The Morgan fingerprint density at radius 2 is 1.27 bits per heavy atom. The van der Waals surface area contributed by atoms with Gasteiger partial charge in [0.25, 0.3) is 0 Å². The second kappa shape index (κ2) is 14.3. The van der Waals surface area contributed by atoms with Gasteiger partial charge in [0, 0.05) is 37.0 Å². The Bertz CT molecular complexity index is 989. The van der Waals surface area contributed by atoms with Crippen LogP contribution in [0, 0.1) is 20.2 Å². The summed E-state index contributed by atoms with van der Waals surface area (Å²) in [7, 11) is 0. The van der Waals surface area contributed by atoms with Crippen molar-refractivity contribution in [1.29, 1.82) is 0 Å². The number of para-hydroxylation sites is 2. The molecule has 0 amide bonds. The minimum Gasteiger partial charge on any atom is -0.500 e. The van der Waals surface area contributed by atoms with Crippen LogP contribution in [0.1, 0.15) is 31.2 Å². The first kappa shape index (κ1) is 26.3. The van der Waals surface area contributed by atoms with Gasteiger partial charge in [-0.2, -0.15) is 11.5 Å². The van der Waals surface area contributed by atoms with Crippen LogP contribution >= 0.6 is 0 Å². The third kappa shape index (κ3) is 7.56. The molecule has 0 aromatic heterocycles. The van der Waals surface area contributed by atoms with Crippen molar-refractivity contribution in [3.8, 4) is 0 Å². The van der Waals surface area contributed by atoms with Gasteiger partial charge in [0.15, 0.2) is 0 Å². The van der Waals surface area contributed by atoms with E-state index in [2.05, 4.69) is 65.6 Å². The van der Waals surface area contributed by atoms with Crippen LogP contribution in [0.25, 0.3) is 0 Å².